The van der Waals surface area contributed by atoms with Gasteiger partial charge in [0.2, 0.25) is 0 Å². The molecule has 1 aromatic heterocycles. The molecule has 1 N–H and O–H groups in total. The van der Waals surface area contributed by atoms with Gasteiger partial charge >= 0.3 is 11.7 Å². The zero-order valence-corrected chi connectivity index (χ0v) is 24.5. The number of aromatic amines is 1. The molecule has 10 heteroatoms. The largest absolute Gasteiger partial charge is 0.497 e. The molecule has 2 aliphatic rings. The molecule has 0 aliphatic carbocycles. The van der Waals surface area contributed by atoms with E-state index in [9.17, 15) is 14.4 Å². The van der Waals surface area contributed by atoms with Gasteiger partial charge in [-0.05, 0) is 35.7 Å². The van der Waals surface area contributed by atoms with E-state index in [0.29, 0.717) is 11.5 Å². The first-order valence-corrected chi connectivity index (χ1v) is 14.2. The van der Waals surface area contributed by atoms with E-state index >= 15 is 0 Å². The van der Waals surface area contributed by atoms with Gasteiger partial charge < -0.3 is 23.7 Å². The Morgan fingerprint density at radius 3 is 2.07 bits per heavy atom. The van der Waals surface area contributed by atoms with Gasteiger partial charge in [-0.1, -0.05) is 72.8 Å². The van der Waals surface area contributed by atoms with E-state index in [1.165, 1.54) is 23.9 Å². The monoisotopic (exact) mass is 596 g/mol. The fourth-order valence-corrected chi connectivity index (χ4v) is 6.21. The van der Waals surface area contributed by atoms with Crippen molar-refractivity contribution in [1.82, 2.24) is 9.55 Å². The van der Waals surface area contributed by atoms with Crippen molar-refractivity contribution in [3.05, 3.63) is 146 Å². The highest BCUT2D eigenvalue weighted by molar-refractivity contribution is 5.90. The number of carbonyl (C=O) groups excluding carboxylic acids is 1. The SMILES string of the molecule is COC(=O)C1=C(C)OC2C1[C@H](n1ccc(=O)[nH]c1=O)O[C@@H]2COC(c1ccccc1)(c1ccccc1)c1ccc(OC)cc1. The van der Waals surface area contributed by atoms with Crippen LogP contribution in [0, 0.1) is 5.92 Å². The van der Waals surface area contributed by atoms with Crippen LogP contribution in [-0.2, 0) is 29.3 Å². The lowest BCUT2D eigenvalue weighted by molar-refractivity contribution is -0.137. The summed E-state index contributed by atoms with van der Waals surface area (Å²) in [4.78, 5) is 39.9. The fraction of sp³-hybridized carbons (Fsp3) is 0.265. The summed E-state index contributed by atoms with van der Waals surface area (Å²) in [6.45, 7) is 1.71. The van der Waals surface area contributed by atoms with Crippen LogP contribution in [-0.4, -0.2) is 48.6 Å². The van der Waals surface area contributed by atoms with Gasteiger partial charge in [-0.3, -0.25) is 14.3 Å². The number of H-pyrrole nitrogens is 1. The molecule has 10 nitrogen and oxygen atoms in total. The second kappa shape index (κ2) is 12.0. The first-order valence-electron chi connectivity index (χ1n) is 14.2. The molecule has 1 fully saturated rings. The maximum Gasteiger partial charge on any atom is 0.337 e. The van der Waals surface area contributed by atoms with Crippen LogP contribution in [0.2, 0.25) is 0 Å². The Morgan fingerprint density at radius 1 is 0.886 bits per heavy atom. The minimum Gasteiger partial charge on any atom is -0.497 e. The van der Waals surface area contributed by atoms with Crippen LogP contribution in [0.3, 0.4) is 0 Å². The van der Waals surface area contributed by atoms with Crippen molar-refractivity contribution in [2.45, 2.75) is 31.0 Å². The third kappa shape index (κ3) is 5.01. The zero-order chi connectivity index (χ0) is 30.8. The molecular weight excluding hydrogens is 564 g/mol. The molecule has 44 heavy (non-hydrogen) atoms. The Kier molecular flexibility index (Phi) is 7.94. The van der Waals surface area contributed by atoms with Gasteiger partial charge in [-0.25, -0.2) is 9.59 Å². The molecule has 0 radical (unpaired) electrons. The number of benzene rings is 3. The molecule has 0 bridgehead atoms. The lowest BCUT2D eigenvalue weighted by Gasteiger charge is -2.37. The average Bonchev–Trinajstić information content (AvgIpc) is 3.57. The molecule has 6 rings (SSSR count). The minimum absolute atomic E-state index is 0.0212. The number of hydrogen-bond acceptors (Lipinski definition) is 8. The van der Waals surface area contributed by atoms with Gasteiger partial charge in [0.1, 0.15) is 35.5 Å². The summed E-state index contributed by atoms with van der Waals surface area (Å²) in [6.07, 6.45) is -1.00. The average molecular weight is 597 g/mol. The van der Waals surface area contributed by atoms with E-state index in [0.717, 1.165) is 16.7 Å². The number of allylic oxidation sites excluding steroid dienone is 1. The number of methoxy groups -OCH3 is 2. The van der Waals surface area contributed by atoms with Crippen LogP contribution in [0.1, 0.15) is 29.8 Å². The number of esters is 1. The van der Waals surface area contributed by atoms with Crippen molar-refractivity contribution in [2.24, 2.45) is 5.92 Å². The Hall–Kier alpha value is -4.93. The van der Waals surface area contributed by atoms with E-state index in [4.69, 9.17) is 23.7 Å². The first-order chi connectivity index (χ1) is 21.4. The quantitative estimate of drug-likeness (QED) is 0.228. The third-order valence-corrected chi connectivity index (χ3v) is 8.22. The number of rotatable bonds is 9. The van der Waals surface area contributed by atoms with E-state index in [1.807, 2.05) is 84.9 Å². The second-order valence-corrected chi connectivity index (χ2v) is 10.6. The number of nitrogens with one attached hydrogen (secondary N) is 1. The Bertz CT molecular complexity index is 1740. The molecule has 4 atom stereocenters. The summed E-state index contributed by atoms with van der Waals surface area (Å²) in [6, 6.07) is 28.7. The van der Waals surface area contributed by atoms with Gasteiger partial charge in [0, 0.05) is 12.3 Å². The standard InChI is InChI=1S/C34H32N2O8/c1-21-28(32(38)41-3)29-30(43-21)26(44-31(29)36-19-18-27(37)35-33(36)39)20-42-34(22-10-6-4-7-11-22,23-12-8-5-9-13-23)24-14-16-25(40-2)17-15-24/h4-19,26,29-31H,20H2,1-3H3,(H,35,37,39)/t26-,29?,30?,31-/m1/s1. The lowest BCUT2D eigenvalue weighted by atomic mass is 9.80. The van der Waals surface area contributed by atoms with Gasteiger partial charge in [0.05, 0.1) is 32.3 Å². The van der Waals surface area contributed by atoms with Crippen molar-refractivity contribution in [2.75, 3.05) is 20.8 Å². The molecule has 0 spiro atoms. The Labute approximate surface area is 253 Å². The van der Waals surface area contributed by atoms with Gasteiger partial charge in [-0.2, -0.15) is 0 Å². The number of carbonyl (C=O) groups is 1. The molecule has 0 saturated carbocycles. The normalized spacial score (nSPS) is 21.1. The molecule has 0 amide bonds. The van der Waals surface area contributed by atoms with Crippen LogP contribution in [0.15, 0.2) is 118 Å². The van der Waals surface area contributed by atoms with Crippen molar-refractivity contribution >= 4 is 5.97 Å². The summed E-state index contributed by atoms with van der Waals surface area (Å²) >= 11 is 0. The number of fused-ring (bicyclic) bond motifs is 1. The molecule has 226 valence electrons. The first kappa shape index (κ1) is 29.2. The number of aromatic nitrogens is 2. The van der Waals surface area contributed by atoms with Crippen molar-refractivity contribution in [1.29, 1.82) is 0 Å². The van der Waals surface area contributed by atoms with E-state index in [2.05, 4.69) is 4.98 Å². The second-order valence-electron chi connectivity index (χ2n) is 10.6. The summed E-state index contributed by atoms with van der Waals surface area (Å²) in [7, 11) is 2.90. The fourth-order valence-electron chi connectivity index (χ4n) is 6.21. The van der Waals surface area contributed by atoms with E-state index in [1.54, 1.807) is 14.0 Å². The third-order valence-electron chi connectivity index (χ3n) is 8.22. The molecule has 2 aliphatic heterocycles. The van der Waals surface area contributed by atoms with Gasteiger partial charge in [-0.15, -0.1) is 0 Å². The Balaban J connectivity index is 1.44. The van der Waals surface area contributed by atoms with Gasteiger partial charge in [0.15, 0.2) is 0 Å². The number of nitrogens with zero attached hydrogens (tertiary/aromatic N) is 1. The Morgan fingerprint density at radius 2 is 1.50 bits per heavy atom. The lowest BCUT2D eigenvalue weighted by Crippen LogP contribution is -2.38. The van der Waals surface area contributed by atoms with Crippen LogP contribution in [0.5, 0.6) is 5.75 Å². The molecule has 4 aromatic rings. The molecule has 1 saturated heterocycles. The predicted molar refractivity (Wildman–Crippen MR) is 160 cm³/mol. The van der Waals surface area contributed by atoms with E-state index in [-0.39, 0.29) is 12.2 Å². The highest BCUT2D eigenvalue weighted by Gasteiger charge is 2.56. The summed E-state index contributed by atoms with van der Waals surface area (Å²) < 4.78 is 31.5. The van der Waals surface area contributed by atoms with Crippen molar-refractivity contribution in [3.63, 3.8) is 0 Å². The van der Waals surface area contributed by atoms with E-state index < -0.39 is 47.2 Å². The zero-order valence-electron chi connectivity index (χ0n) is 24.5. The van der Waals surface area contributed by atoms with Gasteiger partial charge in [0.25, 0.3) is 5.56 Å². The van der Waals surface area contributed by atoms with Crippen LogP contribution in [0.25, 0.3) is 0 Å². The molecular formula is C34H32N2O8. The van der Waals surface area contributed by atoms with Crippen molar-refractivity contribution in [3.8, 4) is 5.75 Å². The highest BCUT2D eigenvalue weighted by atomic mass is 16.6. The van der Waals surface area contributed by atoms with Crippen LogP contribution >= 0.6 is 0 Å². The summed E-state index contributed by atoms with van der Waals surface area (Å²) in [5, 5.41) is 0. The van der Waals surface area contributed by atoms with Crippen LogP contribution < -0.4 is 16.0 Å². The number of hydrogen-bond donors (Lipinski definition) is 1. The molecule has 2 unspecified atom stereocenters. The maximum atomic E-state index is 12.9. The molecule has 3 heterocycles. The van der Waals surface area contributed by atoms with Crippen LogP contribution in [0.4, 0.5) is 0 Å². The smallest absolute Gasteiger partial charge is 0.337 e. The highest BCUT2D eigenvalue weighted by Crippen LogP contribution is 2.48. The maximum absolute atomic E-state index is 12.9. The topological polar surface area (TPSA) is 118 Å². The number of ether oxygens (including phenoxy) is 5. The minimum atomic E-state index is -1.08. The predicted octanol–water partition coefficient (Wildman–Crippen LogP) is 3.91. The molecule has 3 aromatic carbocycles. The summed E-state index contributed by atoms with van der Waals surface area (Å²) in [5.74, 6) is -0.182. The van der Waals surface area contributed by atoms with Crippen molar-refractivity contribution < 1.29 is 28.5 Å². The summed E-state index contributed by atoms with van der Waals surface area (Å²) in [5.41, 5.74) is 0.613.